The molecule has 15 heavy (non-hydrogen) atoms. The van der Waals surface area contributed by atoms with Crippen molar-refractivity contribution in [3.05, 3.63) is 17.7 Å². The predicted molar refractivity (Wildman–Crippen MR) is 58.6 cm³/mol. The van der Waals surface area contributed by atoms with E-state index in [1.807, 2.05) is 12.1 Å². The number of hydrogen-bond acceptors (Lipinski definition) is 3. The zero-order valence-corrected chi connectivity index (χ0v) is 9.16. The third-order valence-electron chi connectivity index (χ3n) is 2.08. The molecular weight excluding hydrogens is 192 g/mol. The van der Waals surface area contributed by atoms with Gasteiger partial charge in [0, 0.05) is 12.0 Å². The fourth-order valence-electron chi connectivity index (χ4n) is 1.41. The Hall–Kier alpha value is -1.82. The minimum atomic E-state index is 0.503. The maximum Gasteiger partial charge on any atom is 0.203 e. The summed E-state index contributed by atoms with van der Waals surface area (Å²) >= 11 is 0. The Morgan fingerprint density at radius 2 is 1.73 bits per heavy atom. The molecule has 1 aromatic carbocycles. The van der Waals surface area contributed by atoms with Gasteiger partial charge in [0.25, 0.3) is 0 Å². The summed E-state index contributed by atoms with van der Waals surface area (Å²) in [7, 11) is 4.73. The van der Waals surface area contributed by atoms with Crippen molar-refractivity contribution in [1.82, 2.24) is 0 Å². The summed E-state index contributed by atoms with van der Waals surface area (Å²) in [4.78, 5) is 0. The molecule has 0 aliphatic rings. The van der Waals surface area contributed by atoms with E-state index in [2.05, 4.69) is 5.92 Å². The van der Waals surface area contributed by atoms with Gasteiger partial charge in [-0.2, -0.15) is 0 Å². The normalized spacial score (nSPS) is 9.20. The minimum absolute atomic E-state index is 0.503. The molecule has 0 fully saturated rings. The second-order valence-corrected chi connectivity index (χ2v) is 2.87. The van der Waals surface area contributed by atoms with E-state index in [-0.39, 0.29) is 0 Å². The summed E-state index contributed by atoms with van der Waals surface area (Å²) in [6.45, 7) is 0. The fourth-order valence-corrected chi connectivity index (χ4v) is 1.41. The Morgan fingerprint density at radius 1 is 1.07 bits per heavy atom. The van der Waals surface area contributed by atoms with E-state index in [0.29, 0.717) is 23.7 Å². The average molecular weight is 206 g/mol. The summed E-state index contributed by atoms with van der Waals surface area (Å²) in [5.74, 6) is 4.42. The molecule has 0 N–H and O–H groups in total. The number of ether oxygens (including phenoxy) is 3. The van der Waals surface area contributed by atoms with Crippen molar-refractivity contribution in [2.75, 3.05) is 21.3 Å². The van der Waals surface area contributed by atoms with E-state index in [1.54, 1.807) is 21.3 Å². The van der Waals surface area contributed by atoms with Gasteiger partial charge in [-0.3, -0.25) is 0 Å². The maximum atomic E-state index is 5.27. The second kappa shape index (κ2) is 5.16. The van der Waals surface area contributed by atoms with Gasteiger partial charge in [-0.1, -0.05) is 6.07 Å². The first-order valence-corrected chi connectivity index (χ1v) is 4.49. The highest BCUT2D eigenvalue weighted by atomic mass is 16.5. The highest BCUT2D eigenvalue weighted by Gasteiger charge is 2.14. The molecule has 0 atom stereocenters. The average Bonchev–Trinajstić information content (AvgIpc) is 2.28. The van der Waals surface area contributed by atoms with Crippen LogP contribution >= 0.6 is 0 Å². The molecule has 1 aromatic rings. The topological polar surface area (TPSA) is 27.7 Å². The van der Waals surface area contributed by atoms with Crippen molar-refractivity contribution in [1.29, 1.82) is 0 Å². The second-order valence-electron chi connectivity index (χ2n) is 2.87. The molecule has 0 aliphatic carbocycles. The van der Waals surface area contributed by atoms with Crippen LogP contribution in [0.3, 0.4) is 0 Å². The molecule has 1 rings (SSSR count). The van der Waals surface area contributed by atoms with Gasteiger partial charge in [-0.25, -0.2) is 0 Å². The van der Waals surface area contributed by atoms with Crippen molar-refractivity contribution < 1.29 is 14.2 Å². The standard InChI is InChI=1S/C12H14O3/c1-5-6-9-7-8-10(13-2)12(15-4)11(9)14-3/h1,7-8H,6H2,2-4H3. The quantitative estimate of drug-likeness (QED) is 0.704. The Morgan fingerprint density at radius 3 is 2.20 bits per heavy atom. The van der Waals surface area contributed by atoms with Crippen LogP contribution in [0, 0.1) is 12.3 Å². The number of terminal acetylenes is 1. The lowest BCUT2D eigenvalue weighted by Crippen LogP contribution is -1.98. The molecule has 0 aromatic heterocycles. The zero-order chi connectivity index (χ0) is 11.3. The monoisotopic (exact) mass is 206 g/mol. The molecular formula is C12H14O3. The first-order chi connectivity index (χ1) is 7.28. The SMILES string of the molecule is C#CCc1ccc(OC)c(OC)c1OC. The van der Waals surface area contributed by atoms with Crippen molar-refractivity contribution in [3.63, 3.8) is 0 Å². The van der Waals surface area contributed by atoms with Crippen molar-refractivity contribution in [2.24, 2.45) is 0 Å². The number of hydrogen-bond donors (Lipinski definition) is 0. The van der Waals surface area contributed by atoms with Crippen LogP contribution in [-0.4, -0.2) is 21.3 Å². The number of methoxy groups -OCH3 is 3. The molecule has 0 spiro atoms. The van der Waals surface area contributed by atoms with Gasteiger partial charge in [-0.15, -0.1) is 12.3 Å². The molecule has 3 heteroatoms. The molecule has 3 nitrogen and oxygen atoms in total. The van der Waals surface area contributed by atoms with Crippen molar-refractivity contribution >= 4 is 0 Å². The van der Waals surface area contributed by atoms with Crippen LogP contribution in [0.15, 0.2) is 12.1 Å². The Balaban J connectivity index is 3.28. The van der Waals surface area contributed by atoms with Crippen LogP contribution in [0.25, 0.3) is 0 Å². The molecule has 0 saturated heterocycles. The maximum absolute atomic E-state index is 5.27. The van der Waals surface area contributed by atoms with Crippen LogP contribution in [0.5, 0.6) is 17.2 Å². The van der Waals surface area contributed by atoms with Gasteiger partial charge in [0.2, 0.25) is 5.75 Å². The van der Waals surface area contributed by atoms with Gasteiger partial charge in [0.15, 0.2) is 11.5 Å². The van der Waals surface area contributed by atoms with Crippen molar-refractivity contribution in [2.45, 2.75) is 6.42 Å². The highest BCUT2D eigenvalue weighted by Crippen LogP contribution is 2.39. The lowest BCUT2D eigenvalue weighted by molar-refractivity contribution is 0.322. The number of rotatable bonds is 4. The first-order valence-electron chi connectivity index (χ1n) is 4.49. The summed E-state index contributed by atoms with van der Waals surface area (Å²) in [5, 5.41) is 0. The molecule has 0 unspecified atom stereocenters. The zero-order valence-electron chi connectivity index (χ0n) is 9.16. The number of benzene rings is 1. The summed E-state index contributed by atoms with van der Waals surface area (Å²) < 4.78 is 15.6. The van der Waals surface area contributed by atoms with E-state index in [0.717, 1.165) is 5.56 Å². The van der Waals surface area contributed by atoms with Crippen LogP contribution < -0.4 is 14.2 Å². The third-order valence-corrected chi connectivity index (χ3v) is 2.08. The van der Waals surface area contributed by atoms with E-state index >= 15 is 0 Å². The van der Waals surface area contributed by atoms with Gasteiger partial charge >= 0.3 is 0 Å². The minimum Gasteiger partial charge on any atom is -0.493 e. The summed E-state index contributed by atoms with van der Waals surface area (Å²) in [6, 6.07) is 3.69. The van der Waals surface area contributed by atoms with Crippen LogP contribution in [-0.2, 0) is 6.42 Å². The lowest BCUT2D eigenvalue weighted by atomic mass is 10.1. The molecule has 0 amide bonds. The first kappa shape index (κ1) is 11.3. The molecule has 0 bridgehead atoms. The predicted octanol–water partition coefficient (Wildman–Crippen LogP) is 1.89. The third kappa shape index (κ3) is 2.16. The van der Waals surface area contributed by atoms with Gasteiger partial charge < -0.3 is 14.2 Å². The van der Waals surface area contributed by atoms with Crippen LogP contribution in [0.4, 0.5) is 0 Å². The van der Waals surface area contributed by atoms with Crippen molar-refractivity contribution in [3.8, 4) is 29.6 Å². The van der Waals surface area contributed by atoms with Gasteiger partial charge in [0.05, 0.1) is 21.3 Å². The van der Waals surface area contributed by atoms with E-state index < -0.39 is 0 Å². The van der Waals surface area contributed by atoms with Gasteiger partial charge in [-0.05, 0) is 6.07 Å². The molecule has 80 valence electrons. The van der Waals surface area contributed by atoms with E-state index in [1.165, 1.54) is 0 Å². The molecule has 0 saturated carbocycles. The largest absolute Gasteiger partial charge is 0.493 e. The Bertz CT molecular complexity index is 377. The Kier molecular flexibility index (Phi) is 3.87. The molecule has 0 aliphatic heterocycles. The lowest BCUT2D eigenvalue weighted by Gasteiger charge is -2.14. The van der Waals surface area contributed by atoms with Crippen LogP contribution in [0.2, 0.25) is 0 Å². The fraction of sp³-hybridized carbons (Fsp3) is 0.333. The summed E-state index contributed by atoms with van der Waals surface area (Å²) in [5.41, 5.74) is 0.914. The highest BCUT2D eigenvalue weighted by molar-refractivity contribution is 5.56. The summed E-state index contributed by atoms with van der Waals surface area (Å²) in [6.07, 6.45) is 5.77. The molecule has 0 heterocycles. The molecule has 0 radical (unpaired) electrons. The van der Waals surface area contributed by atoms with Gasteiger partial charge in [0.1, 0.15) is 0 Å². The van der Waals surface area contributed by atoms with E-state index in [9.17, 15) is 0 Å². The van der Waals surface area contributed by atoms with Crippen LogP contribution in [0.1, 0.15) is 5.56 Å². The smallest absolute Gasteiger partial charge is 0.203 e. The van der Waals surface area contributed by atoms with E-state index in [4.69, 9.17) is 20.6 Å². The Labute approximate surface area is 90.0 Å².